The smallest absolute Gasteiger partial charge is 0.187 e. The molecule has 1 aromatic rings. The largest absolute Gasteiger partial charge is 0.308 e. The van der Waals surface area contributed by atoms with Gasteiger partial charge in [-0.2, -0.15) is 0 Å². The minimum absolute atomic E-state index is 0.00253. The molecular formula is C9H7FINO2S. The molecule has 80 valence electrons. The van der Waals surface area contributed by atoms with Gasteiger partial charge in [-0.1, -0.05) is 12.1 Å². The molecule has 3 nitrogen and oxygen atoms in total. The van der Waals surface area contributed by atoms with Gasteiger partial charge in [0.15, 0.2) is 11.1 Å². The molecule has 0 amide bonds. The minimum Gasteiger partial charge on any atom is -0.308 e. The zero-order valence-electron chi connectivity index (χ0n) is 7.41. The van der Waals surface area contributed by atoms with Crippen molar-refractivity contribution in [1.82, 2.24) is 0 Å². The van der Waals surface area contributed by atoms with Gasteiger partial charge < -0.3 is 9.96 Å². The van der Waals surface area contributed by atoms with E-state index in [1.807, 2.05) is 0 Å². The normalized spacial score (nSPS) is 13.7. The average Bonchev–Trinajstić information content (AvgIpc) is 2.26. The van der Waals surface area contributed by atoms with Gasteiger partial charge in [0.05, 0.1) is 4.90 Å². The van der Waals surface area contributed by atoms with Crippen molar-refractivity contribution in [2.24, 2.45) is 0 Å². The van der Waals surface area contributed by atoms with Crippen molar-refractivity contribution in [2.75, 3.05) is 0 Å². The number of benzene rings is 1. The Morgan fingerprint density at radius 1 is 1.60 bits per heavy atom. The Hall–Kier alpha value is -0.600. The number of hydrogen-bond donors (Lipinski definition) is 2. The minimum atomic E-state index is -2.26. The highest BCUT2D eigenvalue weighted by molar-refractivity contribution is 14.1. The lowest BCUT2D eigenvalue weighted by molar-refractivity contribution is 0.563. The molecule has 0 spiro atoms. The Labute approximate surface area is 102 Å². The molecule has 0 aliphatic heterocycles. The molecule has 1 aromatic carbocycles. The van der Waals surface area contributed by atoms with Crippen molar-refractivity contribution in [3.8, 4) is 0 Å². The van der Waals surface area contributed by atoms with E-state index in [1.165, 1.54) is 18.2 Å². The van der Waals surface area contributed by atoms with Crippen LogP contribution in [0.3, 0.4) is 0 Å². The fraction of sp³-hybridized carbons (Fsp3) is 0. The summed E-state index contributed by atoms with van der Waals surface area (Å²) in [5.74, 6) is -0.618. The van der Waals surface area contributed by atoms with Gasteiger partial charge in [-0.05, 0) is 28.7 Å². The third kappa shape index (κ3) is 2.70. The standard InChI is InChI=1S/C9H7FINO2S/c10-7(4-11)9-6(5-12)2-1-3-8(9)15(13)14/h1-5,12H,(H,13,14)/b7-4+,12-5?. The van der Waals surface area contributed by atoms with Gasteiger partial charge in [0.25, 0.3) is 0 Å². The van der Waals surface area contributed by atoms with Gasteiger partial charge in [-0.25, -0.2) is 8.60 Å². The zero-order chi connectivity index (χ0) is 11.4. The summed E-state index contributed by atoms with van der Waals surface area (Å²) in [6, 6.07) is 4.38. The van der Waals surface area contributed by atoms with E-state index in [4.69, 9.17) is 9.96 Å². The molecule has 6 heteroatoms. The van der Waals surface area contributed by atoms with Crippen LogP contribution in [0.5, 0.6) is 0 Å². The summed E-state index contributed by atoms with van der Waals surface area (Å²) in [7, 11) is 0. The molecule has 0 aliphatic carbocycles. The highest BCUT2D eigenvalue weighted by Gasteiger charge is 2.14. The van der Waals surface area contributed by atoms with Crippen molar-refractivity contribution in [3.63, 3.8) is 0 Å². The van der Waals surface area contributed by atoms with Crippen molar-refractivity contribution < 1.29 is 13.2 Å². The highest BCUT2D eigenvalue weighted by Crippen LogP contribution is 2.26. The van der Waals surface area contributed by atoms with Crippen LogP contribution in [-0.2, 0) is 11.1 Å². The molecule has 0 saturated heterocycles. The number of rotatable bonds is 3. The van der Waals surface area contributed by atoms with Gasteiger partial charge in [-0.15, -0.1) is 0 Å². The van der Waals surface area contributed by atoms with Crippen LogP contribution in [0.4, 0.5) is 4.39 Å². The maximum Gasteiger partial charge on any atom is 0.187 e. The SMILES string of the molecule is N=Cc1cccc(S(=O)O)c1/C(F)=C\I. The summed E-state index contributed by atoms with van der Waals surface area (Å²) in [6.07, 6.45) is 0.950. The van der Waals surface area contributed by atoms with Gasteiger partial charge in [0.1, 0.15) is 5.83 Å². The van der Waals surface area contributed by atoms with Crippen LogP contribution in [0.1, 0.15) is 11.1 Å². The Morgan fingerprint density at radius 2 is 2.27 bits per heavy atom. The predicted octanol–water partition coefficient (Wildman–Crippen LogP) is 2.97. The second-order valence-electron chi connectivity index (χ2n) is 2.57. The molecule has 0 bridgehead atoms. The topological polar surface area (TPSA) is 61.2 Å². The molecule has 0 heterocycles. The van der Waals surface area contributed by atoms with E-state index in [9.17, 15) is 8.60 Å². The molecule has 0 saturated carbocycles. The first-order chi connectivity index (χ1) is 7.11. The van der Waals surface area contributed by atoms with Gasteiger partial charge in [0, 0.05) is 21.4 Å². The van der Waals surface area contributed by atoms with E-state index < -0.39 is 16.9 Å². The number of halogens is 2. The Balaban J connectivity index is 3.54. The molecule has 15 heavy (non-hydrogen) atoms. The van der Waals surface area contributed by atoms with Gasteiger partial charge in [-0.3, -0.25) is 0 Å². The maximum atomic E-state index is 13.4. The lowest BCUT2D eigenvalue weighted by Crippen LogP contribution is -1.98. The first-order valence-electron chi connectivity index (χ1n) is 3.82. The lowest BCUT2D eigenvalue weighted by Gasteiger charge is -2.06. The third-order valence-corrected chi connectivity index (χ3v) is 3.00. The zero-order valence-corrected chi connectivity index (χ0v) is 10.4. The van der Waals surface area contributed by atoms with Gasteiger partial charge >= 0.3 is 0 Å². The second kappa shape index (κ2) is 5.47. The van der Waals surface area contributed by atoms with Crippen molar-refractivity contribution >= 4 is 45.7 Å². The summed E-state index contributed by atoms with van der Waals surface area (Å²) in [5, 5.41) is 7.09. The van der Waals surface area contributed by atoms with E-state index in [0.29, 0.717) is 0 Å². The summed E-state index contributed by atoms with van der Waals surface area (Å²) in [6.45, 7) is 0. The Bertz CT molecular complexity index is 448. The summed E-state index contributed by atoms with van der Waals surface area (Å²) in [4.78, 5) is -0.0265. The van der Waals surface area contributed by atoms with Crippen molar-refractivity contribution in [1.29, 1.82) is 5.41 Å². The molecule has 1 rings (SSSR count). The second-order valence-corrected chi connectivity index (χ2v) is 4.13. The van der Waals surface area contributed by atoms with Crippen LogP contribution < -0.4 is 0 Å². The monoisotopic (exact) mass is 339 g/mol. The van der Waals surface area contributed by atoms with E-state index in [-0.39, 0.29) is 16.0 Å². The molecule has 1 atom stereocenters. The Kier molecular flexibility index (Phi) is 4.55. The lowest BCUT2D eigenvalue weighted by atomic mass is 10.1. The van der Waals surface area contributed by atoms with Crippen LogP contribution in [0.15, 0.2) is 27.2 Å². The van der Waals surface area contributed by atoms with Crippen LogP contribution in [-0.4, -0.2) is 15.0 Å². The Morgan fingerprint density at radius 3 is 2.73 bits per heavy atom. The van der Waals surface area contributed by atoms with E-state index in [0.717, 1.165) is 10.3 Å². The molecule has 0 fully saturated rings. The van der Waals surface area contributed by atoms with Crippen LogP contribution in [0.2, 0.25) is 0 Å². The quantitative estimate of drug-likeness (QED) is 0.505. The molecule has 0 aromatic heterocycles. The van der Waals surface area contributed by atoms with E-state index in [1.54, 1.807) is 22.6 Å². The predicted molar refractivity (Wildman–Crippen MR) is 66.5 cm³/mol. The summed E-state index contributed by atoms with van der Waals surface area (Å²) < 4.78 is 34.5. The van der Waals surface area contributed by atoms with Crippen LogP contribution in [0.25, 0.3) is 5.83 Å². The molecular weight excluding hydrogens is 332 g/mol. The highest BCUT2D eigenvalue weighted by atomic mass is 127. The third-order valence-electron chi connectivity index (χ3n) is 1.74. The summed E-state index contributed by atoms with van der Waals surface area (Å²) >= 11 is -0.565. The first kappa shape index (κ1) is 12.5. The van der Waals surface area contributed by atoms with Crippen LogP contribution in [0, 0.1) is 5.41 Å². The fourth-order valence-electron chi connectivity index (χ4n) is 1.12. The average molecular weight is 339 g/mol. The van der Waals surface area contributed by atoms with E-state index >= 15 is 0 Å². The first-order valence-corrected chi connectivity index (χ1v) is 6.17. The maximum absolute atomic E-state index is 13.4. The summed E-state index contributed by atoms with van der Waals surface area (Å²) in [5.41, 5.74) is 0.281. The van der Waals surface area contributed by atoms with Crippen molar-refractivity contribution in [3.05, 3.63) is 33.4 Å². The number of nitrogens with one attached hydrogen (secondary N) is 1. The van der Waals surface area contributed by atoms with Gasteiger partial charge in [0.2, 0.25) is 0 Å². The fourth-order valence-corrected chi connectivity index (χ4v) is 2.02. The van der Waals surface area contributed by atoms with Crippen molar-refractivity contribution in [2.45, 2.75) is 4.90 Å². The molecule has 0 radical (unpaired) electrons. The molecule has 0 aliphatic rings. The molecule has 2 N–H and O–H groups in total. The number of hydrogen-bond acceptors (Lipinski definition) is 2. The molecule has 1 unspecified atom stereocenters. The van der Waals surface area contributed by atoms with Crippen LogP contribution >= 0.6 is 22.6 Å². The van der Waals surface area contributed by atoms with E-state index in [2.05, 4.69) is 0 Å².